The zero-order valence-electron chi connectivity index (χ0n) is 12.4. The van der Waals surface area contributed by atoms with Crippen LogP contribution in [0.25, 0.3) is 0 Å². The van der Waals surface area contributed by atoms with Crippen LogP contribution in [0.5, 0.6) is 0 Å². The van der Waals surface area contributed by atoms with Crippen molar-refractivity contribution < 1.29 is 9.59 Å². The summed E-state index contributed by atoms with van der Waals surface area (Å²) in [4.78, 5) is 25.5. The summed E-state index contributed by atoms with van der Waals surface area (Å²) < 4.78 is 0. The standard InChI is InChI=1S/C15H23N3O2/c1-4-10-16-15(20)17-13-9-7-8-12(11-13)14(19)18(5-2)6-3/h7-9,11H,4-6,10H2,1-3H3,(H2,16,17,20). The van der Waals surface area contributed by atoms with Gasteiger partial charge in [0.05, 0.1) is 0 Å². The molecule has 110 valence electrons. The van der Waals surface area contributed by atoms with Crippen LogP contribution in [-0.2, 0) is 0 Å². The molecule has 0 heterocycles. The molecule has 5 heteroatoms. The number of amides is 3. The molecule has 0 spiro atoms. The van der Waals surface area contributed by atoms with Gasteiger partial charge in [-0.3, -0.25) is 4.79 Å². The molecule has 1 rings (SSSR count). The number of anilines is 1. The van der Waals surface area contributed by atoms with Crippen molar-refractivity contribution in [2.24, 2.45) is 0 Å². The highest BCUT2D eigenvalue weighted by Gasteiger charge is 2.12. The number of carbonyl (C=O) groups excluding carboxylic acids is 2. The average Bonchev–Trinajstić information content (AvgIpc) is 2.46. The van der Waals surface area contributed by atoms with Gasteiger partial charge >= 0.3 is 6.03 Å². The second kappa shape index (κ2) is 8.19. The smallest absolute Gasteiger partial charge is 0.319 e. The zero-order chi connectivity index (χ0) is 15.0. The lowest BCUT2D eigenvalue weighted by Gasteiger charge is -2.19. The molecule has 0 unspecified atom stereocenters. The lowest BCUT2D eigenvalue weighted by atomic mass is 10.1. The average molecular weight is 277 g/mol. The van der Waals surface area contributed by atoms with Gasteiger partial charge in [0.2, 0.25) is 0 Å². The summed E-state index contributed by atoms with van der Waals surface area (Å²) in [5, 5.41) is 5.46. The molecule has 0 aliphatic carbocycles. The van der Waals surface area contributed by atoms with E-state index in [0.717, 1.165) is 6.42 Å². The van der Waals surface area contributed by atoms with E-state index in [4.69, 9.17) is 0 Å². The second-order valence-electron chi connectivity index (χ2n) is 4.44. The SMILES string of the molecule is CCCNC(=O)Nc1cccc(C(=O)N(CC)CC)c1. The Morgan fingerprint density at radius 1 is 1.15 bits per heavy atom. The minimum atomic E-state index is -0.251. The van der Waals surface area contributed by atoms with E-state index in [9.17, 15) is 9.59 Å². The lowest BCUT2D eigenvalue weighted by molar-refractivity contribution is 0.0773. The number of benzene rings is 1. The summed E-state index contributed by atoms with van der Waals surface area (Å²) in [5.41, 5.74) is 1.21. The van der Waals surface area contributed by atoms with Gasteiger partial charge in [-0.2, -0.15) is 0 Å². The first-order valence-corrected chi connectivity index (χ1v) is 7.06. The van der Waals surface area contributed by atoms with Crippen LogP contribution in [0.15, 0.2) is 24.3 Å². The molecule has 0 fully saturated rings. The first kappa shape index (κ1) is 16.0. The van der Waals surface area contributed by atoms with E-state index < -0.39 is 0 Å². The molecule has 5 nitrogen and oxygen atoms in total. The molecule has 1 aromatic carbocycles. The molecular weight excluding hydrogens is 254 g/mol. The van der Waals surface area contributed by atoms with Gasteiger partial charge in [-0.25, -0.2) is 4.79 Å². The minimum Gasteiger partial charge on any atom is -0.339 e. The number of hydrogen-bond donors (Lipinski definition) is 2. The normalized spacial score (nSPS) is 9.95. The number of hydrogen-bond acceptors (Lipinski definition) is 2. The molecule has 20 heavy (non-hydrogen) atoms. The molecule has 3 amide bonds. The molecule has 2 N–H and O–H groups in total. The van der Waals surface area contributed by atoms with Gasteiger partial charge in [0.15, 0.2) is 0 Å². The van der Waals surface area contributed by atoms with Crippen molar-refractivity contribution in [3.8, 4) is 0 Å². The largest absolute Gasteiger partial charge is 0.339 e. The fourth-order valence-corrected chi connectivity index (χ4v) is 1.84. The monoisotopic (exact) mass is 277 g/mol. The van der Waals surface area contributed by atoms with Crippen molar-refractivity contribution in [2.45, 2.75) is 27.2 Å². The molecule has 0 aromatic heterocycles. The molecule has 0 bridgehead atoms. The van der Waals surface area contributed by atoms with Gasteiger partial charge in [-0.05, 0) is 38.5 Å². The molecule has 0 aliphatic heterocycles. The summed E-state index contributed by atoms with van der Waals surface area (Å²) in [7, 11) is 0. The van der Waals surface area contributed by atoms with E-state index in [1.54, 1.807) is 29.2 Å². The predicted octanol–water partition coefficient (Wildman–Crippen LogP) is 2.70. The maximum Gasteiger partial charge on any atom is 0.319 e. The van der Waals surface area contributed by atoms with Crippen LogP contribution in [0.4, 0.5) is 10.5 Å². The van der Waals surface area contributed by atoms with E-state index in [1.165, 1.54) is 0 Å². The second-order valence-corrected chi connectivity index (χ2v) is 4.44. The fourth-order valence-electron chi connectivity index (χ4n) is 1.84. The Labute approximate surface area is 120 Å². The molecule has 0 aliphatic rings. The van der Waals surface area contributed by atoms with Crippen molar-refractivity contribution in [2.75, 3.05) is 25.0 Å². The summed E-state index contributed by atoms with van der Waals surface area (Å²) in [5.74, 6) is -0.0207. The summed E-state index contributed by atoms with van der Waals surface area (Å²) >= 11 is 0. The quantitative estimate of drug-likeness (QED) is 0.839. The van der Waals surface area contributed by atoms with Gasteiger partial charge in [0, 0.05) is 30.9 Å². The Morgan fingerprint density at radius 2 is 1.85 bits per heavy atom. The number of rotatable bonds is 6. The van der Waals surface area contributed by atoms with Gasteiger partial charge < -0.3 is 15.5 Å². The zero-order valence-corrected chi connectivity index (χ0v) is 12.4. The van der Waals surface area contributed by atoms with Crippen molar-refractivity contribution >= 4 is 17.6 Å². The highest BCUT2D eigenvalue weighted by atomic mass is 16.2. The Hall–Kier alpha value is -2.04. The van der Waals surface area contributed by atoms with Crippen molar-refractivity contribution in [3.63, 3.8) is 0 Å². The number of urea groups is 1. The van der Waals surface area contributed by atoms with Crippen LogP contribution < -0.4 is 10.6 Å². The van der Waals surface area contributed by atoms with Crippen LogP contribution >= 0.6 is 0 Å². The minimum absolute atomic E-state index is 0.0207. The third-order valence-electron chi connectivity index (χ3n) is 2.95. The van der Waals surface area contributed by atoms with Crippen molar-refractivity contribution in [3.05, 3.63) is 29.8 Å². The number of nitrogens with one attached hydrogen (secondary N) is 2. The lowest BCUT2D eigenvalue weighted by Crippen LogP contribution is -2.31. The highest BCUT2D eigenvalue weighted by Crippen LogP contribution is 2.12. The van der Waals surface area contributed by atoms with E-state index in [0.29, 0.717) is 30.9 Å². The van der Waals surface area contributed by atoms with Crippen LogP contribution in [0.2, 0.25) is 0 Å². The van der Waals surface area contributed by atoms with E-state index in [1.807, 2.05) is 20.8 Å². The third-order valence-corrected chi connectivity index (χ3v) is 2.95. The molecule has 0 saturated heterocycles. The third kappa shape index (κ3) is 4.57. The van der Waals surface area contributed by atoms with Gasteiger partial charge in [-0.15, -0.1) is 0 Å². The number of nitrogens with zero attached hydrogens (tertiary/aromatic N) is 1. The summed E-state index contributed by atoms with van der Waals surface area (Å²) in [6, 6.07) is 6.75. The maximum absolute atomic E-state index is 12.2. The van der Waals surface area contributed by atoms with Gasteiger partial charge in [0.1, 0.15) is 0 Å². The maximum atomic E-state index is 12.2. The molecule has 0 atom stereocenters. The van der Waals surface area contributed by atoms with Crippen molar-refractivity contribution in [1.82, 2.24) is 10.2 Å². The Bertz CT molecular complexity index is 456. The van der Waals surface area contributed by atoms with Crippen LogP contribution in [0, 0.1) is 0 Å². The number of carbonyl (C=O) groups is 2. The Kier molecular flexibility index (Phi) is 6.56. The Balaban J connectivity index is 2.75. The van der Waals surface area contributed by atoms with E-state index in [2.05, 4.69) is 10.6 Å². The van der Waals surface area contributed by atoms with Gasteiger partial charge in [0.25, 0.3) is 5.91 Å². The molecule has 0 saturated carbocycles. The topological polar surface area (TPSA) is 61.4 Å². The Morgan fingerprint density at radius 3 is 2.45 bits per heavy atom. The first-order chi connectivity index (χ1) is 9.62. The van der Waals surface area contributed by atoms with Crippen molar-refractivity contribution in [1.29, 1.82) is 0 Å². The highest BCUT2D eigenvalue weighted by molar-refractivity contribution is 5.96. The molecular formula is C15H23N3O2. The summed E-state index contributed by atoms with van der Waals surface area (Å²) in [6.45, 7) is 7.85. The van der Waals surface area contributed by atoms with E-state index >= 15 is 0 Å². The van der Waals surface area contributed by atoms with Gasteiger partial charge in [-0.1, -0.05) is 13.0 Å². The predicted molar refractivity (Wildman–Crippen MR) is 81.0 cm³/mol. The van der Waals surface area contributed by atoms with Crippen LogP contribution in [0.1, 0.15) is 37.6 Å². The van der Waals surface area contributed by atoms with Crippen LogP contribution in [-0.4, -0.2) is 36.5 Å². The van der Waals surface area contributed by atoms with E-state index in [-0.39, 0.29) is 11.9 Å². The summed E-state index contributed by atoms with van der Waals surface area (Å²) in [6.07, 6.45) is 0.883. The molecule has 0 radical (unpaired) electrons. The first-order valence-electron chi connectivity index (χ1n) is 7.06. The van der Waals surface area contributed by atoms with Crippen LogP contribution in [0.3, 0.4) is 0 Å². The molecule has 1 aromatic rings. The fraction of sp³-hybridized carbons (Fsp3) is 0.467.